The Labute approximate surface area is 185 Å². The second-order valence-corrected chi connectivity index (χ2v) is 8.69. The molecule has 3 aromatic rings. The fourth-order valence-corrected chi connectivity index (χ4v) is 4.99. The van der Waals surface area contributed by atoms with E-state index in [2.05, 4.69) is 15.0 Å². The zero-order valence-corrected chi connectivity index (χ0v) is 17.6. The largest absolute Gasteiger partial charge is 0.488 e. The molecule has 2 fully saturated rings. The summed E-state index contributed by atoms with van der Waals surface area (Å²) in [6.07, 6.45) is 0.693. The number of ether oxygens (including phenoxy) is 3. The van der Waals surface area contributed by atoms with E-state index in [1.807, 2.05) is 48.5 Å². The summed E-state index contributed by atoms with van der Waals surface area (Å²) in [5, 5.41) is 15.0. The lowest BCUT2D eigenvalue weighted by molar-refractivity contribution is -0.0233. The quantitative estimate of drug-likeness (QED) is 0.668. The van der Waals surface area contributed by atoms with Crippen molar-refractivity contribution in [2.75, 3.05) is 31.2 Å². The first-order valence-corrected chi connectivity index (χ1v) is 11.1. The van der Waals surface area contributed by atoms with Gasteiger partial charge in [-0.2, -0.15) is 4.98 Å². The molecule has 1 N–H and O–H groups in total. The van der Waals surface area contributed by atoms with Gasteiger partial charge in [-0.15, -0.1) is 0 Å². The molecule has 4 atom stereocenters. The molecule has 1 aliphatic carbocycles. The minimum atomic E-state index is -0.519. The molecule has 0 bridgehead atoms. The van der Waals surface area contributed by atoms with Crippen LogP contribution in [-0.2, 0) is 0 Å². The normalized spacial score (nSPS) is 26.6. The van der Waals surface area contributed by atoms with E-state index in [0.29, 0.717) is 54.8 Å². The molecule has 0 amide bonds. The van der Waals surface area contributed by atoms with Gasteiger partial charge in [-0.05, 0) is 54.1 Å². The second-order valence-electron chi connectivity index (χ2n) is 8.69. The lowest BCUT2D eigenvalue weighted by Gasteiger charge is -2.35. The van der Waals surface area contributed by atoms with E-state index in [1.54, 1.807) is 0 Å². The van der Waals surface area contributed by atoms with E-state index < -0.39 is 6.10 Å². The Morgan fingerprint density at radius 2 is 1.72 bits per heavy atom. The summed E-state index contributed by atoms with van der Waals surface area (Å²) < 4.78 is 22.9. The van der Waals surface area contributed by atoms with E-state index in [-0.39, 0.29) is 6.10 Å². The van der Waals surface area contributed by atoms with Crippen LogP contribution in [0.25, 0.3) is 11.5 Å². The molecular weight excluding hydrogens is 410 g/mol. The number of fused-ring (bicyclic) bond motifs is 2. The Bertz CT molecular complexity index is 1090. The Balaban J connectivity index is 1.13. The monoisotopic (exact) mass is 435 g/mol. The molecule has 1 saturated heterocycles. The minimum absolute atomic E-state index is 0.260. The van der Waals surface area contributed by atoms with Crippen molar-refractivity contribution in [1.29, 1.82) is 0 Å². The number of hydrogen-bond donors (Lipinski definition) is 1. The maximum Gasteiger partial charge on any atom is 0.266 e. The summed E-state index contributed by atoms with van der Waals surface area (Å²) in [4.78, 5) is 6.75. The van der Waals surface area contributed by atoms with Gasteiger partial charge in [0, 0.05) is 24.7 Å². The van der Waals surface area contributed by atoms with E-state index >= 15 is 0 Å². The highest BCUT2D eigenvalue weighted by molar-refractivity contribution is 5.54. The summed E-state index contributed by atoms with van der Waals surface area (Å²) in [7, 11) is 0. The fourth-order valence-electron chi connectivity index (χ4n) is 4.99. The van der Waals surface area contributed by atoms with Crippen molar-refractivity contribution in [2.45, 2.75) is 25.0 Å². The van der Waals surface area contributed by atoms with E-state index in [1.165, 1.54) is 0 Å². The third-order valence-corrected chi connectivity index (χ3v) is 6.60. The number of rotatable bonds is 4. The molecular formula is C24H25N3O5. The molecule has 32 heavy (non-hydrogen) atoms. The smallest absolute Gasteiger partial charge is 0.266 e. The summed E-state index contributed by atoms with van der Waals surface area (Å²) in [5.41, 5.74) is 0.908. The number of aliphatic hydroxyl groups excluding tert-OH is 1. The van der Waals surface area contributed by atoms with Crippen LogP contribution in [0.5, 0.6) is 17.2 Å². The first-order chi connectivity index (χ1) is 15.7. The molecule has 0 unspecified atom stereocenters. The predicted octanol–water partition coefficient (Wildman–Crippen LogP) is 3.16. The van der Waals surface area contributed by atoms with Gasteiger partial charge in [0.15, 0.2) is 11.5 Å². The van der Waals surface area contributed by atoms with Gasteiger partial charge in [-0.1, -0.05) is 18.2 Å². The predicted molar refractivity (Wildman–Crippen MR) is 116 cm³/mol. The van der Waals surface area contributed by atoms with E-state index in [4.69, 9.17) is 18.7 Å². The minimum Gasteiger partial charge on any atom is -0.488 e. The molecule has 1 saturated carbocycles. The molecule has 6 rings (SSSR count). The highest BCUT2D eigenvalue weighted by Gasteiger charge is 2.43. The summed E-state index contributed by atoms with van der Waals surface area (Å²) in [6, 6.07) is 15.4. The number of anilines is 1. The number of aliphatic hydroxyl groups is 1. The Hall–Kier alpha value is -3.26. The fraction of sp³-hybridized carbons (Fsp3) is 0.417. The Morgan fingerprint density at radius 3 is 2.56 bits per heavy atom. The average Bonchev–Trinajstić information content (AvgIpc) is 3.47. The van der Waals surface area contributed by atoms with Crippen molar-refractivity contribution in [1.82, 2.24) is 10.1 Å². The number of benzene rings is 2. The maximum atomic E-state index is 10.8. The molecule has 2 aliphatic heterocycles. The van der Waals surface area contributed by atoms with Crippen LogP contribution >= 0.6 is 0 Å². The SMILES string of the molecule is O[C@@H]1C[C@H]2CN(c3noc(-c4ccccc4)n3)C[C@H]2C[C@H]1Oc1ccc2c(c1)OCCO2. The van der Waals surface area contributed by atoms with Crippen LogP contribution in [-0.4, -0.2) is 53.8 Å². The van der Waals surface area contributed by atoms with E-state index in [9.17, 15) is 5.11 Å². The van der Waals surface area contributed by atoms with Crippen LogP contribution in [0.3, 0.4) is 0 Å². The lowest BCUT2D eigenvalue weighted by Crippen LogP contribution is -2.42. The molecule has 0 spiro atoms. The van der Waals surface area contributed by atoms with Gasteiger partial charge in [-0.3, -0.25) is 0 Å². The van der Waals surface area contributed by atoms with Gasteiger partial charge in [0.2, 0.25) is 0 Å². The summed E-state index contributed by atoms with van der Waals surface area (Å²) in [5.74, 6) is 4.03. The highest BCUT2D eigenvalue weighted by Crippen LogP contribution is 2.40. The molecule has 3 heterocycles. The molecule has 166 valence electrons. The number of nitrogens with zero attached hydrogens (tertiary/aromatic N) is 3. The van der Waals surface area contributed by atoms with Gasteiger partial charge in [-0.25, -0.2) is 0 Å². The van der Waals surface area contributed by atoms with Crippen LogP contribution in [0.15, 0.2) is 53.1 Å². The number of aromatic nitrogens is 2. The number of hydrogen-bond acceptors (Lipinski definition) is 8. The molecule has 8 nitrogen and oxygen atoms in total. The Kier molecular flexibility index (Phi) is 4.87. The molecule has 2 aromatic carbocycles. The van der Waals surface area contributed by atoms with Crippen LogP contribution in [0.2, 0.25) is 0 Å². The van der Waals surface area contributed by atoms with Crippen molar-refractivity contribution in [3.8, 4) is 28.7 Å². The third-order valence-electron chi connectivity index (χ3n) is 6.60. The van der Waals surface area contributed by atoms with Crippen LogP contribution in [0.4, 0.5) is 5.95 Å². The van der Waals surface area contributed by atoms with Gasteiger partial charge in [0.05, 0.1) is 6.10 Å². The first kappa shape index (κ1) is 19.4. The average molecular weight is 435 g/mol. The van der Waals surface area contributed by atoms with Crippen LogP contribution in [0, 0.1) is 11.8 Å². The zero-order valence-electron chi connectivity index (χ0n) is 17.6. The van der Waals surface area contributed by atoms with Gasteiger partial charge in [0.25, 0.3) is 11.8 Å². The second kappa shape index (κ2) is 8.02. The maximum absolute atomic E-state index is 10.8. The summed E-state index contributed by atoms with van der Waals surface area (Å²) >= 11 is 0. The van der Waals surface area contributed by atoms with Crippen molar-refractivity contribution < 1.29 is 23.8 Å². The van der Waals surface area contributed by atoms with Crippen molar-refractivity contribution >= 4 is 5.95 Å². The van der Waals surface area contributed by atoms with Gasteiger partial charge in [0.1, 0.15) is 25.1 Å². The van der Waals surface area contributed by atoms with E-state index in [0.717, 1.165) is 30.8 Å². The molecule has 8 heteroatoms. The molecule has 1 aromatic heterocycles. The molecule has 3 aliphatic rings. The standard InChI is InChI=1S/C24H25N3O5/c28-19-10-16-13-27(24-25-23(32-26-24)15-4-2-1-3-5-15)14-17(16)11-21(19)31-18-6-7-20-22(12-18)30-9-8-29-20/h1-7,12,16-17,19,21,28H,8-11,13-14H2/t16-,17+,19+,21+/m0/s1. The third kappa shape index (κ3) is 3.64. The summed E-state index contributed by atoms with van der Waals surface area (Å²) in [6.45, 7) is 2.73. The zero-order chi connectivity index (χ0) is 21.5. The lowest BCUT2D eigenvalue weighted by atomic mass is 9.78. The van der Waals surface area contributed by atoms with Gasteiger partial charge < -0.3 is 28.7 Å². The molecule has 0 radical (unpaired) electrons. The topological polar surface area (TPSA) is 90.1 Å². The van der Waals surface area contributed by atoms with Crippen molar-refractivity contribution in [3.05, 3.63) is 48.5 Å². The Morgan fingerprint density at radius 1 is 0.938 bits per heavy atom. The van der Waals surface area contributed by atoms with Crippen molar-refractivity contribution in [2.24, 2.45) is 11.8 Å². The van der Waals surface area contributed by atoms with Crippen molar-refractivity contribution in [3.63, 3.8) is 0 Å². The van der Waals surface area contributed by atoms with Crippen LogP contribution in [0.1, 0.15) is 12.8 Å². The highest BCUT2D eigenvalue weighted by atomic mass is 16.6. The van der Waals surface area contributed by atoms with Gasteiger partial charge >= 0.3 is 0 Å². The van der Waals surface area contributed by atoms with Crippen LogP contribution < -0.4 is 19.1 Å². The first-order valence-electron chi connectivity index (χ1n) is 11.1.